The molecule has 1 aromatic heterocycles. The van der Waals surface area contributed by atoms with E-state index in [1.165, 1.54) is 24.8 Å². The summed E-state index contributed by atoms with van der Waals surface area (Å²) >= 11 is 0. The van der Waals surface area contributed by atoms with Crippen molar-refractivity contribution in [2.75, 3.05) is 0 Å². The van der Waals surface area contributed by atoms with Crippen LogP contribution < -0.4 is 17.2 Å². The second kappa shape index (κ2) is 5.12. The van der Waals surface area contributed by atoms with Crippen LogP contribution in [0.2, 0.25) is 0 Å². The monoisotopic (exact) mass is 262 g/mol. The minimum Gasteiger partial charge on any atom is -0.370 e. The Bertz CT molecular complexity index is 627. The number of benzene rings is 1. The lowest BCUT2D eigenvalue weighted by Gasteiger charge is -2.03. The first-order valence-electron chi connectivity index (χ1n) is 5.14. The van der Waals surface area contributed by atoms with Crippen molar-refractivity contribution >= 4 is 17.6 Å². The van der Waals surface area contributed by atoms with Crippen molar-refractivity contribution in [3.05, 3.63) is 36.7 Å². The molecule has 0 saturated heterocycles. The second-order valence-electron chi connectivity index (χ2n) is 3.51. The Balaban J connectivity index is 2.41. The van der Waals surface area contributed by atoms with E-state index in [0.717, 1.165) is 0 Å². The summed E-state index contributed by atoms with van der Waals surface area (Å²) in [6.07, 6.45) is 2.94. The topological polar surface area (TPSA) is 133 Å². The number of hydrogen-bond acceptors (Lipinski definition) is 3. The summed E-state index contributed by atoms with van der Waals surface area (Å²) in [5.74, 6) is -1.04. The molecule has 0 saturated carbocycles. The lowest BCUT2D eigenvalue weighted by atomic mass is 10.2. The van der Waals surface area contributed by atoms with Crippen molar-refractivity contribution in [3.63, 3.8) is 0 Å². The van der Waals surface area contributed by atoms with Crippen LogP contribution in [0.5, 0.6) is 0 Å². The van der Waals surface area contributed by atoms with Gasteiger partial charge < -0.3 is 17.2 Å². The Labute approximate surface area is 107 Å². The average Bonchev–Trinajstić information content (AvgIpc) is 2.84. The number of nitrogens with two attached hydrogens (primary N) is 3. The van der Waals surface area contributed by atoms with Gasteiger partial charge in [-0.2, -0.15) is 4.99 Å². The van der Waals surface area contributed by atoms with Crippen LogP contribution >= 0.6 is 0 Å². The van der Waals surface area contributed by atoms with E-state index in [1.54, 1.807) is 10.6 Å². The summed E-state index contributed by atoms with van der Waals surface area (Å²) in [5.41, 5.74) is 16.4. The van der Waals surface area contributed by atoms with Gasteiger partial charge >= 0.3 is 0 Å². The first-order valence-corrected chi connectivity index (χ1v) is 5.14. The molecule has 1 heterocycles. The molecule has 0 aliphatic carbocycles. The summed E-state index contributed by atoms with van der Waals surface area (Å²) in [7, 11) is 0. The fourth-order valence-corrected chi connectivity index (χ4v) is 1.36. The third-order valence-electron chi connectivity index (χ3n) is 2.13. The predicted octanol–water partition coefficient (Wildman–Crippen LogP) is -0.374. The summed E-state index contributed by atoms with van der Waals surface area (Å²) in [4.78, 5) is 7.30. The smallest absolute Gasteiger partial charge is 0.223 e. The molecule has 0 amide bonds. The molecule has 6 N–H and O–H groups in total. The number of hydrogen-bond donors (Lipinski definition) is 3. The first kappa shape index (κ1) is 12.5. The number of aliphatic imine (C=N–C) groups is 2. The molecule has 8 nitrogen and oxygen atoms in total. The van der Waals surface area contributed by atoms with Gasteiger partial charge in [0, 0.05) is 0 Å². The van der Waals surface area contributed by atoms with E-state index in [2.05, 4.69) is 20.2 Å². The fraction of sp³-hybridized carbons (Fsp3) is 0. The SMILES string of the molecule is NC(N)=NC(N)=Nc1cc(-n2cnnc2)ccc1F. The largest absolute Gasteiger partial charge is 0.370 e. The van der Waals surface area contributed by atoms with E-state index < -0.39 is 5.82 Å². The van der Waals surface area contributed by atoms with Gasteiger partial charge in [0.1, 0.15) is 24.2 Å². The maximum Gasteiger partial charge on any atom is 0.223 e. The van der Waals surface area contributed by atoms with Gasteiger partial charge in [0.05, 0.1) is 5.69 Å². The van der Waals surface area contributed by atoms with Crippen molar-refractivity contribution in [1.29, 1.82) is 0 Å². The maximum atomic E-state index is 13.6. The Kier molecular flexibility index (Phi) is 3.37. The molecule has 0 atom stereocenters. The molecule has 0 bridgehead atoms. The molecule has 1 aromatic carbocycles. The Hall–Kier alpha value is -2.97. The third kappa shape index (κ3) is 3.03. The molecule has 9 heteroatoms. The number of rotatable bonds is 2. The van der Waals surface area contributed by atoms with Crippen LogP contribution in [0.1, 0.15) is 0 Å². The maximum absolute atomic E-state index is 13.6. The summed E-state index contributed by atoms with van der Waals surface area (Å²) in [5, 5.41) is 7.31. The van der Waals surface area contributed by atoms with Gasteiger partial charge in [-0.1, -0.05) is 0 Å². The second-order valence-corrected chi connectivity index (χ2v) is 3.51. The zero-order valence-corrected chi connectivity index (χ0v) is 9.73. The van der Waals surface area contributed by atoms with Crippen LogP contribution in [0.3, 0.4) is 0 Å². The molecule has 0 aliphatic heterocycles. The number of guanidine groups is 2. The van der Waals surface area contributed by atoms with E-state index in [9.17, 15) is 4.39 Å². The Morgan fingerprint density at radius 2 is 1.84 bits per heavy atom. The summed E-state index contributed by atoms with van der Waals surface area (Å²) in [6, 6.07) is 4.26. The van der Waals surface area contributed by atoms with Crippen LogP contribution in [0.4, 0.5) is 10.1 Å². The van der Waals surface area contributed by atoms with Crippen LogP contribution in [-0.4, -0.2) is 26.7 Å². The Morgan fingerprint density at radius 3 is 2.47 bits per heavy atom. The van der Waals surface area contributed by atoms with Crippen LogP contribution in [0, 0.1) is 5.82 Å². The highest BCUT2D eigenvalue weighted by Crippen LogP contribution is 2.21. The highest BCUT2D eigenvalue weighted by molar-refractivity contribution is 5.93. The van der Waals surface area contributed by atoms with Gasteiger partial charge in [-0.15, -0.1) is 10.2 Å². The molecule has 0 fully saturated rings. The van der Waals surface area contributed by atoms with E-state index >= 15 is 0 Å². The zero-order chi connectivity index (χ0) is 13.8. The van der Waals surface area contributed by atoms with Crippen molar-refractivity contribution in [1.82, 2.24) is 14.8 Å². The summed E-state index contributed by atoms with van der Waals surface area (Å²) in [6.45, 7) is 0. The van der Waals surface area contributed by atoms with Crippen LogP contribution in [0.25, 0.3) is 5.69 Å². The molecule has 0 spiro atoms. The quantitative estimate of drug-likeness (QED) is 0.501. The van der Waals surface area contributed by atoms with Gasteiger partial charge in [0.15, 0.2) is 5.96 Å². The Morgan fingerprint density at radius 1 is 1.16 bits per heavy atom. The highest BCUT2D eigenvalue weighted by atomic mass is 19.1. The van der Waals surface area contributed by atoms with Gasteiger partial charge in [-0.3, -0.25) is 4.57 Å². The molecule has 0 aliphatic rings. The van der Waals surface area contributed by atoms with Crippen LogP contribution in [-0.2, 0) is 0 Å². The highest BCUT2D eigenvalue weighted by Gasteiger charge is 2.05. The van der Waals surface area contributed by atoms with Gasteiger partial charge in [-0.05, 0) is 18.2 Å². The summed E-state index contributed by atoms with van der Waals surface area (Å²) < 4.78 is 15.2. The molecule has 19 heavy (non-hydrogen) atoms. The van der Waals surface area contributed by atoms with Crippen molar-refractivity contribution in [3.8, 4) is 5.69 Å². The van der Waals surface area contributed by atoms with E-state index in [-0.39, 0.29) is 17.6 Å². The normalized spacial score (nSPS) is 11.3. The van der Waals surface area contributed by atoms with Gasteiger partial charge in [0.25, 0.3) is 0 Å². The predicted molar refractivity (Wildman–Crippen MR) is 68.4 cm³/mol. The molecule has 98 valence electrons. The minimum absolute atomic E-state index is 0.00806. The fourth-order valence-electron chi connectivity index (χ4n) is 1.36. The molecule has 2 rings (SSSR count). The lowest BCUT2D eigenvalue weighted by molar-refractivity contribution is 0.629. The molecule has 0 radical (unpaired) electrons. The average molecular weight is 262 g/mol. The van der Waals surface area contributed by atoms with Gasteiger partial charge in [-0.25, -0.2) is 9.38 Å². The van der Waals surface area contributed by atoms with E-state index in [1.807, 2.05) is 0 Å². The van der Waals surface area contributed by atoms with Gasteiger partial charge in [0.2, 0.25) is 5.96 Å². The standard InChI is InChI=1S/C10H11FN8/c11-7-2-1-6(19-4-15-16-5-19)3-8(7)17-10(14)18-9(12)13/h1-5H,(H6,12,13,14,17,18). The van der Waals surface area contributed by atoms with Crippen molar-refractivity contribution < 1.29 is 4.39 Å². The molecule has 2 aromatic rings. The molecule has 0 unspecified atom stereocenters. The zero-order valence-electron chi connectivity index (χ0n) is 9.73. The van der Waals surface area contributed by atoms with Crippen molar-refractivity contribution in [2.24, 2.45) is 27.2 Å². The number of halogens is 1. The molecular weight excluding hydrogens is 251 g/mol. The van der Waals surface area contributed by atoms with Crippen LogP contribution in [0.15, 0.2) is 40.8 Å². The number of nitrogens with zero attached hydrogens (tertiary/aromatic N) is 5. The van der Waals surface area contributed by atoms with E-state index in [4.69, 9.17) is 17.2 Å². The first-order chi connectivity index (χ1) is 9.06. The minimum atomic E-state index is -0.550. The van der Waals surface area contributed by atoms with Crippen molar-refractivity contribution in [2.45, 2.75) is 0 Å². The molecular formula is C10H11FN8. The lowest BCUT2D eigenvalue weighted by Crippen LogP contribution is -2.26. The van der Waals surface area contributed by atoms with E-state index in [0.29, 0.717) is 5.69 Å². The third-order valence-corrected chi connectivity index (χ3v) is 2.13. The number of aromatic nitrogens is 3.